The van der Waals surface area contributed by atoms with Crippen molar-refractivity contribution in [3.05, 3.63) is 59.8 Å². The Hall–Kier alpha value is -2.35. The van der Waals surface area contributed by atoms with Gasteiger partial charge in [0, 0.05) is 12.6 Å². The molecule has 0 saturated heterocycles. The number of alkyl halides is 3. The van der Waals surface area contributed by atoms with Crippen molar-refractivity contribution in [2.75, 3.05) is 12.3 Å². The van der Waals surface area contributed by atoms with Gasteiger partial charge in [-0.15, -0.1) is 0 Å². The standard InChI is InChI=1S/C17H14F3N3OS/c18-17(19,20)13-6-7-15(21-10-13)25-11-16(24)23-9-8-14(22-23)12-4-2-1-3-5-12/h1-7,10H,8-9,11H2. The van der Waals surface area contributed by atoms with Crippen LogP contribution < -0.4 is 0 Å². The van der Waals surface area contributed by atoms with E-state index in [-0.39, 0.29) is 11.7 Å². The molecule has 1 aromatic heterocycles. The third-order valence-corrected chi connectivity index (χ3v) is 4.53. The fraction of sp³-hybridized carbons (Fsp3) is 0.235. The Kier molecular flexibility index (Phi) is 5.08. The SMILES string of the molecule is O=C(CSc1ccc(C(F)(F)F)cn1)N1CCC(c2ccccc2)=N1. The Balaban J connectivity index is 1.57. The lowest BCUT2D eigenvalue weighted by Gasteiger charge is -2.11. The van der Waals surface area contributed by atoms with E-state index in [2.05, 4.69) is 10.1 Å². The average Bonchev–Trinajstić information content (AvgIpc) is 3.10. The molecule has 1 amide bonds. The van der Waals surface area contributed by atoms with Crippen LogP contribution in [0.15, 0.2) is 58.8 Å². The molecule has 1 aromatic carbocycles. The van der Waals surface area contributed by atoms with Gasteiger partial charge in [0.25, 0.3) is 5.91 Å². The molecule has 0 unspecified atom stereocenters. The molecule has 4 nitrogen and oxygen atoms in total. The van der Waals surface area contributed by atoms with E-state index in [9.17, 15) is 18.0 Å². The van der Waals surface area contributed by atoms with Crippen molar-refractivity contribution < 1.29 is 18.0 Å². The van der Waals surface area contributed by atoms with Gasteiger partial charge in [-0.2, -0.15) is 18.3 Å². The highest BCUT2D eigenvalue weighted by atomic mass is 32.2. The molecule has 0 aliphatic carbocycles. The minimum Gasteiger partial charge on any atom is -0.272 e. The monoisotopic (exact) mass is 365 g/mol. The molecule has 0 saturated carbocycles. The van der Waals surface area contributed by atoms with E-state index in [0.29, 0.717) is 18.0 Å². The van der Waals surface area contributed by atoms with Crippen molar-refractivity contribution in [2.45, 2.75) is 17.6 Å². The molecule has 2 aromatic rings. The summed E-state index contributed by atoms with van der Waals surface area (Å²) in [5.41, 5.74) is 1.03. The number of carbonyl (C=O) groups excluding carboxylic acids is 1. The summed E-state index contributed by atoms with van der Waals surface area (Å²) in [6, 6.07) is 11.8. The van der Waals surface area contributed by atoms with Crippen LogP contribution >= 0.6 is 11.8 Å². The number of amides is 1. The second kappa shape index (κ2) is 7.26. The van der Waals surface area contributed by atoms with Gasteiger partial charge in [0.2, 0.25) is 0 Å². The number of aromatic nitrogens is 1. The molecule has 0 atom stereocenters. The van der Waals surface area contributed by atoms with E-state index in [1.54, 1.807) is 0 Å². The molecule has 8 heteroatoms. The number of hydrogen-bond acceptors (Lipinski definition) is 4. The van der Waals surface area contributed by atoms with Crippen molar-refractivity contribution >= 4 is 23.4 Å². The van der Waals surface area contributed by atoms with Crippen LogP contribution in [-0.4, -0.2) is 33.9 Å². The molecular formula is C17H14F3N3OS. The highest BCUT2D eigenvalue weighted by Crippen LogP contribution is 2.29. The Bertz CT molecular complexity index is 776. The number of pyridine rings is 1. The molecule has 0 spiro atoms. The first-order valence-electron chi connectivity index (χ1n) is 7.53. The molecule has 0 fully saturated rings. The van der Waals surface area contributed by atoms with E-state index < -0.39 is 11.7 Å². The first-order valence-corrected chi connectivity index (χ1v) is 8.51. The van der Waals surface area contributed by atoms with Crippen molar-refractivity contribution in [1.82, 2.24) is 9.99 Å². The number of benzene rings is 1. The van der Waals surface area contributed by atoms with Gasteiger partial charge in [0.15, 0.2) is 0 Å². The molecule has 0 bridgehead atoms. The van der Waals surface area contributed by atoms with Gasteiger partial charge in [-0.1, -0.05) is 42.1 Å². The molecular weight excluding hydrogens is 351 g/mol. The van der Waals surface area contributed by atoms with Crippen LogP contribution in [-0.2, 0) is 11.0 Å². The Labute approximate surface area is 146 Å². The molecule has 2 heterocycles. The summed E-state index contributed by atoms with van der Waals surface area (Å²) in [5, 5.41) is 6.11. The minimum atomic E-state index is -4.41. The molecule has 0 N–H and O–H groups in total. The number of carbonyl (C=O) groups is 1. The number of nitrogens with zero attached hydrogens (tertiary/aromatic N) is 3. The van der Waals surface area contributed by atoms with Gasteiger partial charge >= 0.3 is 6.18 Å². The topological polar surface area (TPSA) is 45.6 Å². The van der Waals surface area contributed by atoms with Crippen LogP contribution in [0.2, 0.25) is 0 Å². The van der Waals surface area contributed by atoms with Crippen molar-refractivity contribution in [1.29, 1.82) is 0 Å². The van der Waals surface area contributed by atoms with Gasteiger partial charge < -0.3 is 0 Å². The van der Waals surface area contributed by atoms with Crippen LogP contribution in [0.4, 0.5) is 13.2 Å². The van der Waals surface area contributed by atoms with Crippen molar-refractivity contribution in [2.24, 2.45) is 5.10 Å². The lowest BCUT2D eigenvalue weighted by molar-refractivity contribution is -0.138. The highest BCUT2D eigenvalue weighted by Gasteiger charge is 2.30. The Morgan fingerprint density at radius 3 is 2.56 bits per heavy atom. The maximum Gasteiger partial charge on any atom is 0.417 e. The van der Waals surface area contributed by atoms with Crippen LogP contribution in [0.5, 0.6) is 0 Å². The van der Waals surface area contributed by atoms with Crippen LogP contribution in [0.3, 0.4) is 0 Å². The summed E-state index contributed by atoms with van der Waals surface area (Å²) in [4.78, 5) is 16.0. The van der Waals surface area contributed by atoms with E-state index in [1.165, 1.54) is 11.1 Å². The molecule has 1 aliphatic heterocycles. The zero-order valence-electron chi connectivity index (χ0n) is 13.0. The lowest BCUT2D eigenvalue weighted by Crippen LogP contribution is -2.25. The number of thioether (sulfide) groups is 1. The van der Waals surface area contributed by atoms with Gasteiger partial charge in [0.05, 0.1) is 28.6 Å². The number of hydrazone groups is 1. The van der Waals surface area contributed by atoms with Gasteiger partial charge in [0.1, 0.15) is 0 Å². The predicted octanol–water partition coefficient (Wildman–Crippen LogP) is 3.83. The smallest absolute Gasteiger partial charge is 0.272 e. The first kappa shape index (κ1) is 17.5. The Morgan fingerprint density at radius 1 is 1.16 bits per heavy atom. The number of halogens is 3. The summed E-state index contributed by atoms with van der Waals surface area (Å²) in [5.74, 6) is -0.123. The summed E-state index contributed by atoms with van der Waals surface area (Å²) < 4.78 is 37.5. The maximum absolute atomic E-state index is 12.5. The van der Waals surface area contributed by atoms with Crippen LogP contribution in [0.1, 0.15) is 17.5 Å². The minimum absolute atomic E-state index is 0.0733. The van der Waals surface area contributed by atoms with Crippen molar-refractivity contribution in [3.8, 4) is 0 Å². The van der Waals surface area contributed by atoms with Gasteiger partial charge in [-0.05, 0) is 17.7 Å². The Morgan fingerprint density at radius 2 is 1.92 bits per heavy atom. The molecule has 130 valence electrons. The maximum atomic E-state index is 12.5. The lowest BCUT2D eigenvalue weighted by atomic mass is 10.1. The fourth-order valence-corrected chi connectivity index (χ4v) is 3.03. The number of hydrogen-bond donors (Lipinski definition) is 0. The van der Waals surface area contributed by atoms with Crippen LogP contribution in [0.25, 0.3) is 0 Å². The predicted molar refractivity (Wildman–Crippen MR) is 89.3 cm³/mol. The largest absolute Gasteiger partial charge is 0.417 e. The summed E-state index contributed by atoms with van der Waals surface area (Å²) in [7, 11) is 0. The van der Waals surface area contributed by atoms with E-state index in [0.717, 1.165) is 35.3 Å². The van der Waals surface area contributed by atoms with E-state index >= 15 is 0 Å². The van der Waals surface area contributed by atoms with Gasteiger partial charge in [-0.25, -0.2) is 9.99 Å². The quantitative estimate of drug-likeness (QED) is 0.774. The highest BCUT2D eigenvalue weighted by molar-refractivity contribution is 7.99. The van der Waals surface area contributed by atoms with Gasteiger partial charge in [-0.3, -0.25) is 4.79 Å². The second-order valence-corrected chi connectivity index (χ2v) is 6.35. The summed E-state index contributed by atoms with van der Waals surface area (Å²) in [6.45, 7) is 0.504. The molecule has 25 heavy (non-hydrogen) atoms. The zero-order valence-corrected chi connectivity index (χ0v) is 13.8. The fourth-order valence-electron chi connectivity index (χ4n) is 2.31. The molecule has 1 aliphatic rings. The third kappa shape index (κ3) is 4.39. The van der Waals surface area contributed by atoms with E-state index in [4.69, 9.17) is 0 Å². The molecule has 3 rings (SSSR count). The number of rotatable bonds is 4. The summed E-state index contributed by atoms with van der Waals surface area (Å²) in [6.07, 6.45) is -2.96. The summed E-state index contributed by atoms with van der Waals surface area (Å²) >= 11 is 1.09. The average molecular weight is 365 g/mol. The molecule has 0 radical (unpaired) electrons. The third-order valence-electron chi connectivity index (χ3n) is 3.60. The first-order chi connectivity index (χ1) is 11.9. The van der Waals surface area contributed by atoms with Crippen molar-refractivity contribution in [3.63, 3.8) is 0 Å². The zero-order chi connectivity index (χ0) is 17.9. The van der Waals surface area contributed by atoms with Crippen LogP contribution in [0, 0.1) is 0 Å². The van der Waals surface area contributed by atoms with E-state index in [1.807, 2.05) is 30.3 Å². The second-order valence-electron chi connectivity index (χ2n) is 5.35. The normalized spacial score (nSPS) is 14.5.